The Kier molecular flexibility index (Phi) is 6.42. The molecule has 6 nitrogen and oxygen atoms in total. The van der Waals surface area contributed by atoms with Gasteiger partial charge in [-0.3, -0.25) is 0 Å². The van der Waals surface area contributed by atoms with Gasteiger partial charge in [0.05, 0.1) is 22.2 Å². The molecule has 0 aliphatic carbocycles. The molecular formula is C12H15Cl2NO5S. The first-order chi connectivity index (χ1) is 9.66. The number of halogens is 2. The van der Waals surface area contributed by atoms with Crippen molar-refractivity contribution in [1.29, 1.82) is 0 Å². The largest absolute Gasteiger partial charge is 0.457 e. The predicted molar refractivity (Wildman–Crippen MR) is 79.2 cm³/mol. The van der Waals surface area contributed by atoms with Gasteiger partial charge < -0.3 is 9.47 Å². The lowest BCUT2D eigenvalue weighted by atomic mass is 10.2. The normalized spacial score (nSPS) is 13.0. The third kappa shape index (κ3) is 5.12. The zero-order valence-corrected chi connectivity index (χ0v) is 13.8. The standard InChI is InChI=1S/C12H15Cl2NO5S/c1-3-19-6-7(2)20-12(16)8-4-9(13)11(14)10(5-8)21(15,17)18/h4-5,7H,3,6H2,1-2H3,(H2,15,17,18). The first-order valence-corrected chi connectivity index (χ1v) is 8.27. The average Bonchev–Trinajstić information content (AvgIpc) is 2.37. The smallest absolute Gasteiger partial charge is 0.338 e. The minimum atomic E-state index is -4.10. The van der Waals surface area contributed by atoms with Crippen LogP contribution in [0.4, 0.5) is 0 Å². The molecule has 1 rings (SSSR count). The number of sulfonamides is 1. The van der Waals surface area contributed by atoms with Gasteiger partial charge in [0.15, 0.2) is 0 Å². The molecule has 21 heavy (non-hydrogen) atoms. The molecule has 1 aromatic rings. The van der Waals surface area contributed by atoms with Crippen molar-refractivity contribution in [3.8, 4) is 0 Å². The van der Waals surface area contributed by atoms with E-state index in [-0.39, 0.29) is 22.2 Å². The van der Waals surface area contributed by atoms with E-state index in [2.05, 4.69) is 0 Å². The van der Waals surface area contributed by atoms with E-state index < -0.39 is 27.0 Å². The molecule has 0 aliphatic heterocycles. The van der Waals surface area contributed by atoms with E-state index in [4.69, 9.17) is 37.8 Å². The highest BCUT2D eigenvalue weighted by atomic mass is 35.5. The van der Waals surface area contributed by atoms with Crippen LogP contribution in [0.3, 0.4) is 0 Å². The Hall–Kier alpha value is -0.860. The molecule has 1 aromatic carbocycles. The van der Waals surface area contributed by atoms with Crippen LogP contribution >= 0.6 is 23.2 Å². The molecule has 0 fully saturated rings. The maximum Gasteiger partial charge on any atom is 0.338 e. The third-order valence-corrected chi connectivity index (χ3v) is 4.25. The topological polar surface area (TPSA) is 95.7 Å². The van der Waals surface area contributed by atoms with Crippen LogP contribution in [0.1, 0.15) is 24.2 Å². The lowest BCUT2D eigenvalue weighted by Gasteiger charge is -2.14. The van der Waals surface area contributed by atoms with Crippen LogP contribution in [0, 0.1) is 0 Å². The van der Waals surface area contributed by atoms with Gasteiger partial charge in [0.1, 0.15) is 11.0 Å². The lowest BCUT2D eigenvalue weighted by Crippen LogP contribution is -2.21. The Bertz CT molecular complexity index is 633. The van der Waals surface area contributed by atoms with E-state index in [0.717, 1.165) is 6.07 Å². The summed E-state index contributed by atoms with van der Waals surface area (Å²) in [6.45, 7) is 4.17. The van der Waals surface area contributed by atoms with Gasteiger partial charge in [0, 0.05) is 6.61 Å². The maximum atomic E-state index is 11.9. The van der Waals surface area contributed by atoms with Gasteiger partial charge in [-0.2, -0.15) is 0 Å². The average molecular weight is 356 g/mol. The summed E-state index contributed by atoms with van der Waals surface area (Å²) in [5.74, 6) is -0.745. The second-order valence-corrected chi connectivity index (χ2v) is 6.51. The van der Waals surface area contributed by atoms with Crippen molar-refractivity contribution in [3.05, 3.63) is 27.7 Å². The van der Waals surface area contributed by atoms with Crippen molar-refractivity contribution in [2.45, 2.75) is 24.8 Å². The van der Waals surface area contributed by atoms with Gasteiger partial charge in [-0.05, 0) is 26.0 Å². The number of hydrogen-bond donors (Lipinski definition) is 1. The Labute approximate surface area is 133 Å². The van der Waals surface area contributed by atoms with Crippen molar-refractivity contribution in [3.63, 3.8) is 0 Å². The summed E-state index contributed by atoms with van der Waals surface area (Å²) >= 11 is 11.6. The van der Waals surface area contributed by atoms with Crippen LogP contribution < -0.4 is 5.14 Å². The summed E-state index contributed by atoms with van der Waals surface area (Å²) in [6.07, 6.45) is -0.496. The monoisotopic (exact) mass is 355 g/mol. The summed E-state index contributed by atoms with van der Waals surface area (Å²) in [4.78, 5) is 11.5. The molecule has 0 saturated carbocycles. The van der Waals surface area contributed by atoms with Gasteiger partial charge in [-0.25, -0.2) is 18.4 Å². The predicted octanol–water partition coefficient (Wildman–Crippen LogP) is 2.22. The minimum absolute atomic E-state index is 0.0585. The van der Waals surface area contributed by atoms with E-state index in [0.29, 0.717) is 6.61 Å². The fourth-order valence-electron chi connectivity index (χ4n) is 1.46. The Morgan fingerprint density at radius 1 is 1.38 bits per heavy atom. The molecule has 0 saturated heterocycles. The Morgan fingerprint density at radius 2 is 2.00 bits per heavy atom. The van der Waals surface area contributed by atoms with Crippen molar-refractivity contribution in [2.75, 3.05) is 13.2 Å². The van der Waals surface area contributed by atoms with E-state index >= 15 is 0 Å². The number of benzene rings is 1. The fourth-order valence-corrected chi connectivity index (χ4v) is 2.82. The zero-order chi connectivity index (χ0) is 16.2. The number of nitrogens with two attached hydrogens (primary N) is 1. The first-order valence-electron chi connectivity index (χ1n) is 5.97. The second-order valence-electron chi connectivity index (χ2n) is 4.19. The van der Waals surface area contributed by atoms with Crippen molar-refractivity contribution in [1.82, 2.24) is 0 Å². The Morgan fingerprint density at radius 3 is 2.52 bits per heavy atom. The van der Waals surface area contributed by atoms with E-state index in [1.807, 2.05) is 6.92 Å². The minimum Gasteiger partial charge on any atom is -0.457 e. The van der Waals surface area contributed by atoms with E-state index in [1.165, 1.54) is 6.07 Å². The molecule has 0 amide bonds. The molecule has 0 spiro atoms. The number of esters is 1. The molecule has 0 bridgehead atoms. The molecule has 2 N–H and O–H groups in total. The van der Waals surface area contributed by atoms with E-state index in [1.54, 1.807) is 6.92 Å². The number of ether oxygens (including phenoxy) is 2. The number of primary sulfonamides is 1. The molecule has 1 unspecified atom stereocenters. The van der Waals surface area contributed by atoms with Gasteiger partial charge >= 0.3 is 5.97 Å². The summed E-state index contributed by atoms with van der Waals surface area (Å²) in [6, 6.07) is 2.24. The number of carbonyl (C=O) groups excluding carboxylic acids is 1. The summed E-state index contributed by atoms with van der Waals surface area (Å²) in [5.41, 5.74) is -0.0585. The number of rotatable bonds is 6. The number of hydrogen-bond acceptors (Lipinski definition) is 5. The maximum absolute atomic E-state index is 11.9. The fraction of sp³-hybridized carbons (Fsp3) is 0.417. The van der Waals surface area contributed by atoms with Crippen LogP contribution in [0.15, 0.2) is 17.0 Å². The van der Waals surface area contributed by atoms with Crippen LogP contribution in [0.2, 0.25) is 10.0 Å². The highest BCUT2D eigenvalue weighted by Crippen LogP contribution is 2.30. The van der Waals surface area contributed by atoms with Crippen LogP contribution in [0.25, 0.3) is 0 Å². The Balaban J connectivity index is 3.04. The summed E-state index contributed by atoms with van der Waals surface area (Å²) < 4.78 is 33.0. The van der Waals surface area contributed by atoms with Gasteiger partial charge in [0.25, 0.3) is 0 Å². The quantitative estimate of drug-likeness (QED) is 0.789. The SMILES string of the molecule is CCOCC(C)OC(=O)c1cc(Cl)c(Cl)c(S(N)(=O)=O)c1. The van der Waals surface area contributed by atoms with E-state index in [9.17, 15) is 13.2 Å². The molecule has 1 atom stereocenters. The van der Waals surface area contributed by atoms with Crippen molar-refractivity contribution in [2.24, 2.45) is 5.14 Å². The molecular weight excluding hydrogens is 341 g/mol. The van der Waals surface area contributed by atoms with Gasteiger partial charge in [-0.15, -0.1) is 0 Å². The van der Waals surface area contributed by atoms with Crippen molar-refractivity contribution < 1.29 is 22.7 Å². The van der Waals surface area contributed by atoms with Crippen LogP contribution in [-0.2, 0) is 19.5 Å². The zero-order valence-electron chi connectivity index (χ0n) is 11.4. The van der Waals surface area contributed by atoms with Crippen molar-refractivity contribution >= 4 is 39.2 Å². The first kappa shape index (κ1) is 18.2. The highest BCUT2D eigenvalue weighted by Gasteiger charge is 2.21. The molecule has 9 heteroatoms. The van der Waals surface area contributed by atoms with Crippen LogP contribution in [-0.4, -0.2) is 33.7 Å². The third-order valence-electron chi connectivity index (χ3n) is 2.40. The summed E-state index contributed by atoms with van der Waals surface area (Å²) in [7, 11) is -4.10. The second kappa shape index (κ2) is 7.42. The van der Waals surface area contributed by atoms with Gasteiger partial charge in [-0.1, -0.05) is 23.2 Å². The molecule has 0 aromatic heterocycles. The number of carbonyl (C=O) groups is 1. The molecule has 118 valence electrons. The molecule has 0 heterocycles. The highest BCUT2D eigenvalue weighted by molar-refractivity contribution is 7.89. The lowest BCUT2D eigenvalue weighted by molar-refractivity contribution is 0.00437. The molecule has 0 aliphatic rings. The summed E-state index contributed by atoms with van der Waals surface area (Å²) in [5, 5.41) is 4.68. The molecule has 0 radical (unpaired) electrons. The van der Waals surface area contributed by atoms with Crippen LogP contribution in [0.5, 0.6) is 0 Å². The van der Waals surface area contributed by atoms with Gasteiger partial charge in [0.2, 0.25) is 10.0 Å².